The summed E-state index contributed by atoms with van der Waals surface area (Å²) < 4.78 is 0. The van der Waals surface area contributed by atoms with E-state index in [0.717, 1.165) is 43.9 Å². The summed E-state index contributed by atoms with van der Waals surface area (Å²) in [6.07, 6.45) is 1.76. The Balaban J connectivity index is 1.58. The van der Waals surface area contributed by atoms with Gasteiger partial charge in [0.15, 0.2) is 0 Å². The van der Waals surface area contributed by atoms with E-state index in [1.807, 2.05) is 0 Å². The fourth-order valence-electron chi connectivity index (χ4n) is 3.46. The van der Waals surface area contributed by atoms with E-state index in [2.05, 4.69) is 53.4 Å². The number of rotatable bonds is 5. The van der Waals surface area contributed by atoms with Gasteiger partial charge in [0.1, 0.15) is 0 Å². The van der Waals surface area contributed by atoms with Crippen molar-refractivity contribution in [3.8, 4) is 0 Å². The van der Waals surface area contributed by atoms with Crippen molar-refractivity contribution in [2.24, 2.45) is 5.92 Å². The number of aromatic nitrogens is 2. The lowest BCUT2D eigenvalue weighted by molar-refractivity contribution is 0.0480. The number of aryl methyl sites for hydroxylation is 1. The van der Waals surface area contributed by atoms with Crippen LogP contribution in [0.2, 0.25) is 0 Å². The molecule has 0 amide bonds. The highest BCUT2D eigenvalue weighted by Gasteiger charge is 2.30. The highest BCUT2D eigenvalue weighted by atomic mass is 32.1. The molecule has 1 aliphatic heterocycles. The van der Waals surface area contributed by atoms with Crippen LogP contribution >= 0.6 is 11.3 Å². The van der Waals surface area contributed by atoms with Gasteiger partial charge in [-0.3, -0.25) is 10.00 Å². The highest BCUT2D eigenvalue weighted by molar-refractivity contribution is 7.10. The predicted octanol–water partition coefficient (Wildman–Crippen LogP) is 3.33. The van der Waals surface area contributed by atoms with E-state index in [9.17, 15) is 5.11 Å². The van der Waals surface area contributed by atoms with Gasteiger partial charge < -0.3 is 5.11 Å². The number of nitrogens with zero attached hydrogens (tertiary/aromatic N) is 2. The van der Waals surface area contributed by atoms with Gasteiger partial charge in [0.25, 0.3) is 0 Å². The van der Waals surface area contributed by atoms with Crippen molar-refractivity contribution >= 4 is 11.3 Å². The topological polar surface area (TPSA) is 52.2 Å². The molecule has 0 spiro atoms. The van der Waals surface area contributed by atoms with Gasteiger partial charge in [-0.1, -0.05) is 13.8 Å². The molecule has 5 heteroatoms. The van der Waals surface area contributed by atoms with E-state index in [-0.39, 0.29) is 6.10 Å². The average molecular weight is 334 g/mol. The van der Waals surface area contributed by atoms with Gasteiger partial charge in [-0.25, -0.2) is 0 Å². The van der Waals surface area contributed by atoms with Crippen LogP contribution in [0, 0.1) is 12.8 Å². The third-order valence-corrected chi connectivity index (χ3v) is 5.75. The quantitative estimate of drug-likeness (QED) is 0.882. The second-order valence-corrected chi connectivity index (χ2v) is 8.10. The summed E-state index contributed by atoms with van der Waals surface area (Å²) >= 11 is 1.78. The lowest BCUT2D eigenvalue weighted by atomic mass is 9.90. The standard InChI is InChI=1S/C18H27N3OS/c1-12(2)8-14-9-15(20-19-14)10-21-6-4-16(17(22)11-21)18-13(3)5-7-23-18/h5,7,9,12,16-17,22H,4,6,8,10-11H2,1-3H3,(H,19,20)/t16-,17-/m0/s1. The molecule has 0 bridgehead atoms. The first kappa shape index (κ1) is 16.7. The minimum absolute atomic E-state index is 0.279. The molecule has 0 aliphatic carbocycles. The molecule has 2 aromatic heterocycles. The summed E-state index contributed by atoms with van der Waals surface area (Å²) in [4.78, 5) is 3.69. The SMILES string of the molecule is Cc1ccsc1[C@H]1CCN(Cc2cc(CC(C)C)n[nH]2)C[C@@H]1O. The van der Waals surface area contributed by atoms with Crippen molar-refractivity contribution < 1.29 is 5.11 Å². The number of aromatic amines is 1. The molecule has 0 radical (unpaired) electrons. The number of aliphatic hydroxyl groups excluding tert-OH is 1. The number of piperidine rings is 1. The van der Waals surface area contributed by atoms with Crippen LogP contribution in [-0.4, -0.2) is 39.4 Å². The lowest BCUT2D eigenvalue weighted by Gasteiger charge is -2.35. The molecule has 126 valence electrons. The van der Waals surface area contributed by atoms with Gasteiger partial charge in [0, 0.05) is 29.6 Å². The molecule has 0 saturated carbocycles. The van der Waals surface area contributed by atoms with E-state index in [4.69, 9.17) is 0 Å². The third-order valence-electron chi connectivity index (χ3n) is 4.60. The first-order valence-corrected chi connectivity index (χ1v) is 9.38. The largest absolute Gasteiger partial charge is 0.391 e. The van der Waals surface area contributed by atoms with E-state index < -0.39 is 0 Å². The van der Waals surface area contributed by atoms with E-state index in [1.165, 1.54) is 10.4 Å². The van der Waals surface area contributed by atoms with Crippen LogP contribution in [0.1, 0.15) is 48.0 Å². The Labute approximate surface area is 142 Å². The van der Waals surface area contributed by atoms with Gasteiger partial charge >= 0.3 is 0 Å². The number of nitrogens with one attached hydrogen (secondary N) is 1. The molecular weight excluding hydrogens is 306 g/mol. The van der Waals surface area contributed by atoms with Gasteiger partial charge in [-0.05, 0) is 55.3 Å². The molecule has 1 saturated heterocycles. The normalized spacial score (nSPS) is 22.8. The summed E-state index contributed by atoms with van der Waals surface area (Å²) in [5.74, 6) is 0.919. The first-order valence-electron chi connectivity index (χ1n) is 8.50. The van der Waals surface area contributed by atoms with Crippen LogP contribution in [0.4, 0.5) is 0 Å². The zero-order valence-electron chi connectivity index (χ0n) is 14.2. The average Bonchev–Trinajstić information content (AvgIpc) is 3.08. The van der Waals surface area contributed by atoms with E-state index in [1.54, 1.807) is 11.3 Å². The Morgan fingerprint density at radius 2 is 2.30 bits per heavy atom. The van der Waals surface area contributed by atoms with Crippen molar-refractivity contribution in [1.82, 2.24) is 15.1 Å². The molecule has 3 rings (SSSR count). The van der Waals surface area contributed by atoms with Crippen LogP contribution in [0.25, 0.3) is 0 Å². The summed E-state index contributed by atoms with van der Waals surface area (Å²) in [6.45, 7) is 9.17. The van der Waals surface area contributed by atoms with Crippen LogP contribution in [-0.2, 0) is 13.0 Å². The lowest BCUT2D eigenvalue weighted by Crippen LogP contribution is -2.42. The molecule has 4 nitrogen and oxygen atoms in total. The third kappa shape index (κ3) is 4.03. The number of thiophene rings is 1. The molecule has 3 heterocycles. The van der Waals surface area contributed by atoms with Gasteiger partial charge in [-0.15, -0.1) is 11.3 Å². The maximum atomic E-state index is 10.6. The number of H-pyrrole nitrogens is 1. The van der Waals surface area contributed by atoms with Gasteiger partial charge in [0.2, 0.25) is 0 Å². The Morgan fingerprint density at radius 1 is 1.48 bits per heavy atom. The zero-order valence-corrected chi connectivity index (χ0v) is 15.1. The predicted molar refractivity (Wildman–Crippen MR) is 94.8 cm³/mol. The molecule has 0 aromatic carbocycles. The zero-order chi connectivity index (χ0) is 16.4. The van der Waals surface area contributed by atoms with Crippen molar-refractivity contribution in [2.45, 2.75) is 52.2 Å². The molecule has 1 aliphatic rings. The van der Waals surface area contributed by atoms with Crippen molar-refractivity contribution in [1.29, 1.82) is 0 Å². The van der Waals surface area contributed by atoms with Gasteiger partial charge in [-0.2, -0.15) is 5.10 Å². The summed E-state index contributed by atoms with van der Waals surface area (Å²) in [5, 5.41) is 20.3. The van der Waals surface area contributed by atoms with Crippen LogP contribution in [0.5, 0.6) is 0 Å². The number of β-amino-alcohol motifs (C(OH)–C–C–N with tert-alkyl or cyclic N) is 1. The minimum Gasteiger partial charge on any atom is -0.391 e. The molecule has 2 N–H and O–H groups in total. The number of aliphatic hydroxyl groups is 1. The molecule has 2 atom stereocenters. The second kappa shape index (κ2) is 7.16. The molecule has 2 aromatic rings. The monoisotopic (exact) mass is 333 g/mol. The van der Waals surface area contributed by atoms with E-state index >= 15 is 0 Å². The van der Waals surface area contributed by atoms with Crippen molar-refractivity contribution in [3.63, 3.8) is 0 Å². The summed E-state index contributed by atoms with van der Waals surface area (Å²) in [7, 11) is 0. The maximum absolute atomic E-state index is 10.6. The van der Waals surface area contributed by atoms with Crippen LogP contribution < -0.4 is 0 Å². The Kier molecular flexibility index (Phi) is 5.19. The van der Waals surface area contributed by atoms with Crippen molar-refractivity contribution in [3.05, 3.63) is 39.3 Å². The second-order valence-electron chi connectivity index (χ2n) is 7.15. The van der Waals surface area contributed by atoms with Gasteiger partial charge in [0.05, 0.1) is 11.8 Å². The number of hydrogen-bond donors (Lipinski definition) is 2. The Morgan fingerprint density at radius 3 is 2.96 bits per heavy atom. The number of likely N-dealkylation sites (tertiary alicyclic amines) is 1. The number of hydrogen-bond acceptors (Lipinski definition) is 4. The maximum Gasteiger partial charge on any atom is 0.0744 e. The fraction of sp³-hybridized carbons (Fsp3) is 0.611. The van der Waals surface area contributed by atoms with Crippen LogP contribution in [0.15, 0.2) is 17.5 Å². The minimum atomic E-state index is -0.279. The Bertz CT molecular complexity index is 634. The molecule has 0 unspecified atom stereocenters. The fourth-order valence-corrected chi connectivity index (χ4v) is 4.59. The Hall–Kier alpha value is -1.17. The smallest absolute Gasteiger partial charge is 0.0744 e. The summed E-state index contributed by atoms with van der Waals surface area (Å²) in [5.41, 5.74) is 3.61. The summed E-state index contributed by atoms with van der Waals surface area (Å²) in [6, 6.07) is 4.32. The van der Waals surface area contributed by atoms with E-state index in [0.29, 0.717) is 11.8 Å². The molecular formula is C18H27N3OS. The molecule has 1 fully saturated rings. The van der Waals surface area contributed by atoms with Crippen molar-refractivity contribution in [2.75, 3.05) is 13.1 Å². The highest BCUT2D eigenvalue weighted by Crippen LogP contribution is 2.34. The molecule has 23 heavy (non-hydrogen) atoms. The van der Waals surface area contributed by atoms with Crippen LogP contribution in [0.3, 0.4) is 0 Å². The first-order chi connectivity index (χ1) is 11.0.